The van der Waals surface area contributed by atoms with E-state index < -0.39 is 17.3 Å². The maximum atomic E-state index is 13.9. The molecule has 0 aromatic heterocycles. The molecule has 21 heavy (non-hydrogen) atoms. The van der Waals surface area contributed by atoms with Crippen molar-refractivity contribution in [2.45, 2.75) is 52.6 Å². The lowest BCUT2D eigenvalue weighted by Gasteiger charge is -2.42. The van der Waals surface area contributed by atoms with Crippen molar-refractivity contribution in [2.75, 3.05) is 0 Å². The van der Waals surface area contributed by atoms with Gasteiger partial charge in [-0.05, 0) is 43.1 Å². The van der Waals surface area contributed by atoms with Gasteiger partial charge in [0, 0.05) is 5.56 Å². The molecular formula is C18H24FNO. The highest BCUT2D eigenvalue weighted by atomic mass is 19.1. The van der Waals surface area contributed by atoms with Crippen molar-refractivity contribution in [1.82, 2.24) is 0 Å². The molecule has 0 heterocycles. The van der Waals surface area contributed by atoms with Gasteiger partial charge in [0.2, 0.25) is 0 Å². The molecule has 1 atom stereocenters. The second-order valence-electron chi connectivity index (χ2n) is 7.33. The molecule has 0 aliphatic heterocycles. The van der Waals surface area contributed by atoms with Gasteiger partial charge in [0.25, 0.3) is 0 Å². The lowest BCUT2D eigenvalue weighted by Crippen LogP contribution is -2.36. The van der Waals surface area contributed by atoms with E-state index in [1.807, 2.05) is 0 Å². The first kappa shape index (κ1) is 16.0. The molecule has 1 unspecified atom stereocenters. The van der Waals surface area contributed by atoms with Crippen LogP contribution in [-0.2, 0) is 0 Å². The molecule has 2 nitrogen and oxygen atoms in total. The molecule has 1 fully saturated rings. The number of aliphatic hydroxyl groups is 1. The van der Waals surface area contributed by atoms with Crippen molar-refractivity contribution in [1.29, 1.82) is 5.26 Å². The Labute approximate surface area is 126 Å². The Hall–Kier alpha value is -1.40. The smallest absolute Gasteiger partial charge is 0.129 e. The molecular weight excluding hydrogens is 265 g/mol. The highest BCUT2D eigenvalue weighted by molar-refractivity contribution is 5.25. The van der Waals surface area contributed by atoms with E-state index in [0.717, 1.165) is 12.8 Å². The van der Waals surface area contributed by atoms with Crippen LogP contribution in [0.1, 0.15) is 58.1 Å². The Kier molecular flexibility index (Phi) is 4.39. The summed E-state index contributed by atoms with van der Waals surface area (Å²) in [4.78, 5) is 0. The van der Waals surface area contributed by atoms with Crippen LogP contribution in [-0.4, -0.2) is 5.11 Å². The maximum absolute atomic E-state index is 13.9. The SMILES string of the molecule is CC(C)(C)C1CCC(C#N)(C(O)c2ccccc2F)CC1. The van der Waals surface area contributed by atoms with Crippen molar-refractivity contribution < 1.29 is 9.50 Å². The quantitative estimate of drug-likeness (QED) is 0.864. The molecule has 0 radical (unpaired) electrons. The van der Waals surface area contributed by atoms with Gasteiger partial charge in [-0.1, -0.05) is 39.0 Å². The molecule has 0 saturated heterocycles. The van der Waals surface area contributed by atoms with E-state index in [9.17, 15) is 14.8 Å². The molecule has 0 bridgehead atoms. The van der Waals surface area contributed by atoms with E-state index in [2.05, 4.69) is 26.8 Å². The minimum absolute atomic E-state index is 0.213. The van der Waals surface area contributed by atoms with Crippen LogP contribution in [0.25, 0.3) is 0 Å². The zero-order chi connectivity index (χ0) is 15.7. The van der Waals surface area contributed by atoms with Gasteiger partial charge in [0.1, 0.15) is 11.9 Å². The predicted octanol–water partition coefficient (Wildman–Crippen LogP) is 4.61. The summed E-state index contributed by atoms with van der Waals surface area (Å²) in [7, 11) is 0. The lowest BCUT2D eigenvalue weighted by molar-refractivity contribution is 0.00648. The number of aliphatic hydroxyl groups excluding tert-OH is 1. The first-order chi connectivity index (χ1) is 9.80. The molecule has 1 aliphatic rings. The number of rotatable bonds is 2. The minimum atomic E-state index is -1.05. The molecule has 1 N–H and O–H groups in total. The molecule has 1 aromatic carbocycles. The summed E-state index contributed by atoms with van der Waals surface area (Å²) in [5.74, 6) is 0.115. The lowest BCUT2D eigenvalue weighted by atomic mass is 9.62. The van der Waals surface area contributed by atoms with Crippen LogP contribution in [0.3, 0.4) is 0 Å². The fourth-order valence-electron chi connectivity index (χ4n) is 3.44. The van der Waals surface area contributed by atoms with Crippen LogP contribution < -0.4 is 0 Å². The topological polar surface area (TPSA) is 44.0 Å². The highest BCUT2D eigenvalue weighted by Gasteiger charge is 2.45. The van der Waals surface area contributed by atoms with Gasteiger partial charge in [-0.2, -0.15) is 5.26 Å². The number of nitrogens with zero attached hydrogens (tertiary/aromatic N) is 1. The third-order valence-electron chi connectivity index (χ3n) is 5.05. The second-order valence-corrected chi connectivity index (χ2v) is 7.33. The Bertz CT molecular complexity index is 533. The van der Waals surface area contributed by atoms with Crippen molar-refractivity contribution in [2.24, 2.45) is 16.7 Å². The minimum Gasteiger partial charge on any atom is -0.387 e. The normalized spacial score (nSPS) is 27.9. The number of hydrogen-bond donors (Lipinski definition) is 1. The van der Waals surface area contributed by atoms with Crippen LogP contribution in [0, 0.1) is 33.9 Å². The summed E-state index contributed by atoms with van der Waals surface area (Å²) in [6.07, 6.45) is 2.01. The van der Waals surface area contributed by atoms with Crippen molar-refractivity contribution in [3.05, 3.63) is 35.6 Å². The highest BCUT2D eigenvalue weighted by Crippen LogP contribution is 2.50. The Morgan fingerprint density at radius 3 is 2.33 bits per heavy atom. The number of halogens is 1. The number of hydrogen-bond acceptors (Lipinski definition) is 2. The predicted molar refractivity (Wildman–Crippen MR) is 80.8 cm³/mol. The van der Waals surface area contributed by atoms with Crippen LogP contribution in [0.2, 0.25) is 0 Å². The summed E-state index contributed by atoms with van der Waals surface area (Å²) < 4.78 is 13.9. The standard InChI is InChI=1S/C18H24FNO/c1-17(2,3)13-8-10-18(12-20,11-9-13)16(21)14-6-4-5-7-15(14)19/h4-7,13,16,21H,8-11H2,1-3H3. The van der Waals surface area contributed by atoms with Gasteiger partial charge in [-0.25, -0.2) is 4.39 Å². The fourth-order valence-corrected chi connectivity index (χ4v) is 3.44. The Morgan fingerprint density at radius 1 is 1.29 bits per heavy atom. The summed E-state index contributed by atoms with van der Waals surface area (Å²) >= 11 is 0. The van der Waals surface area contributed by atoms with E-state index in [-0.39, 0.29) is 11.0 Å². The Morgan fingerprint density at radius 2 is 1.86 bits per heavy atom. The van der Waals surface area contributed by atoms with Crippen molar-refractivity contribution in [3.8, 4) is 6.07 Å². The second kappa shape index (κ2) is 5.77. The van der Waals surface area contributed by atoms with Crippen molar-refractivity contribution in [3.63, 3.8) is 0 Å². The first-order valence-electron chi connectivity index (χ1n) is 7.64. The van der Waals surface area contributed by atoms with Gasteiger partial charge in [0.15, 0.2) is 0 Å². The van der Waals surface area contributed by atoms with E-state index in [1.54, 1.807) is 18.2 Å². The van der Waals surface area contributed by atoms with Crippen LogP contribution in [0.15, 0.2) is 24.3 Å². The van der Waals surface area contributed by atoms with Crippen LogP contribution in [0.5, 0.6) is 0 Å². The molecule has 1 saturated carbocycles. The maximum Gasteiger partial charge on any atom is 0.129 e. The third kappa shape index (κ3) is 3.11. The van der Waals surface area contributed by atoms with Crippen LogP contribution >= 0.6 is 0 Å². The molecule has 3 heteroatoms. The zero-order valence-electron chi connectivity index (χ0n) is 13.1. The zero-order valence-corrected chi connectivity index (χ0v) is 13.1. The largest absolute Gasteiger partial charge is 0.387 e. The van der Waals surface area contributed by atoms with Crippen molar-refractivity contribution >= 4 is 0 Å². The molecule has 1 aliphatic carbocycles. The fraction of sp³-hybridized carbons (Fsp3) is 0.611. The summed E-state index contributed by atoms with van der Waals surface area (Å²) in [6.45, 7) is 6.64. The average molecular weight is 289 g/mol. The van der Waals surface area contributed by atoms with Gasteiger partial charge >= 0.3 is 0 Å². The van der Waals surface area contributed by atoms with Crippen LogP contribution in [0.4, 0.5) is 4.39 Å². The first-order valence-corrected chi connectivity index (χ1v) is 7.64. The summed E-state index contributed by atoms with van der Waals surface area (Å²) in [6, 6.07) is 8.51. The van der Waals surface area contributed by atoms with E-state index in [1.165, 1.54) is 6.07 Å². The third-order valence-corrected chi connectivity index (χ3v) is 5.05. The van der Waals surface area contributed by atoms with E-state index in [4.69, 9.17) is 0 Å². The molecule has 2 rings (SSSR count). The average Bonchev–Trinajstić information content (AvgIpc) is 2.46. The molecule has 0 amide bonds. The summed E-state index contributed by atoms with van der Waals surface area (Å²) in [5.41, 5.74) is -0.401. The van der Waals surface area contributed by atoms with E-state index in [0.29, 0.717) is 18.8 Å². The monoisotopic (exact) mass is 289 g/mol. The van der Waals surface area contributed by atoms with Gasteiger partial charge in [-0.3, -0.25) is 0 Å². The molecule has 0 spiro atoms. The summed E-state index contributed by atoms with van der Waals surface area (Å²) in [5, 5.41) is 20.2. The number of nitriles is 1. The van der Waals surface area contributed by atoms with Gasteiger partial charge in [0.05, 0.1) is 11.5 Å². The Balaban J connectivity index is 2.21. The van der Waals surface area contributed by atoms with E-state index >= 15 is 0 Å². The molecule has 1 aromatic rings. The van der Waals surface area contributed by atoms with Gasteiger partial charge in [-0.15, -0.1) is 0 Å². The number of benzene rings is 1. The van der Waals surface area contributed by atoms with Gasteiger partial charge < -0.3 is 5.11 Å². The molecule has 114 valence electrons.